The molecule has 0 fully saturated rings. The Labute approximate surface area is 146 Å². The minimum atomic E-state index is -4.51. The Balaban J connectivity index is 1.99. The first-order chi connectivity index (χ1) is 11.8. The number of rotatable bonds is 3. The van der Waals surface area contributed by atoms with Gasteiger partial charge in [-0.2, -0.15) is 13.2 Å². The third kappa shape index (κ3) is 3.32. The third-order valence-electron chi connectivity index (χ3n) is 3.67. The first kappa shape index (κ1) is 17.3. The molecule has 8 heteroatoms. The fraction of sp³-hybridized carbons (Fsp3) is 0.176. The van der Waals surface area contributed by atoms with Gasteiger partial charge in [0.15, 0.2) is 6.10 Å². The van der Waals surface area contributed by atoms with E-state index in [2.05, 4.69) is 10.3 Å². The number of halogens is 4. The lowest BCUT2D eigenvalue weighted by Gasteiger charge is -2.14. The van der Waals surface area contributed by atoms with Gasteiger partial charge in [0.2, 0.25) is 11.7 Å². The Hall–Kier alpha value is -2.54. The SMILES string of the molecule is CNC1=C(c2cc(Cl)ccn2)C(=O)C(c2cccc(C(F)(F)F)c2)O1. The van der Waals surface area contributed by atoms with Crippen molar-refractivity contribution in [2.45, 2.75) is 12.3 Å². The van der Waals surface area contributed by atoms with Crippen molar-refractivity contribution in [1.29, 1.82) is 0 Å². The summed E-state index contributed by atoms with van der Waals surface area (Å²) < 4.78 is 44.3. The molecule has 130 valence electrons. The predicted octanol–water partition coefficient (Wildman–Crippen LogP) is 3.98. The smallest absolute Gasteiger partial charge is 0.416 e. The number of hydrogen-bond acceptors (Lipinski definition) is 4. The highest BCUT2D eigenvalue weighted by Crippen LogP contribution is 2.38. The number of aromatic nitrogens is 1. The van der Waals surface area contributed by atoms with Crippen LogP contribution in [0.15, 0.2) is 48.5 Å². The molecule has 1 aromatic heterocycles. The second-order valence-electron chi connectivity index (χ2n) is 5.30. The molecule has 1 N–H and O–H groups in total. The number of pyridine rings is 1. The highest BCUT2D eigenvalue weighted by atomic mass is 35.5. The molecule has 1 unspecified atom stereocenters. The van der Waals surface area contributed by atoms with Crippen LogP contribution in [-0.4, -0.2) is 17.8 Å². The lowest BCUT2D eigenvalue weighted by atomic mass is 9.98. The van der Waals surface area contributed by atoms with Gasteiger partial charge in [-0.1, -0.05) is 23.7 Å². The van der Waals surface area contributed by atoms with Crippen molar-refractivity contribution in [3.63, 3.8) is 0 Å². The summed E-state index contributed by atoms with van der Waals surface area (Å²) in [6.45, 7) is 0. The molecule has 1 aliphatic heterocycles. The molecule has 0 radical (unpaired) electrons. The van der Waals surface area contributed by atoms with Crippen LogP contribution in [0.25, 0.3) is 5.57 Å². The van der Waals surface area contributed by atoms with E-state index in [1.165, 1.54) is 24.4 Å². The Morgan fingerprint density at radius 1 is 1.24 bits per heavy atom. The number of nitrogens with one attached hydrogen (secondary N) is 1. The summed E-state index contributed by atoms with van der Waals surface area (Å²) in [5.74, 6) is -0.347. The number of nitrogens with zero attached hydrogens (tertiary/aromatic N) is 1. The molecule has 0 bridgehead atoms. The number of benzene rings is 1. The van der Waals surface area contributed by atoms with Gasteiger partial charge in [-0.05, 0) is 24.3 Å². The number of ether oxygens (including phenoxy) is 1. The molecule has 4 nitrogen and oxygen atoms in total. The van der Waals surface area contributed by atoms with E-state index < -0.39 is 23.6 Å². The lowest BCUT2D eigenvalue weighted by Crippen LogP contribution is -2.12. The summed E-state index contributed by atoms with van der Waals surface area (Å²) in [5.41, 5.74) is -0.296. The molecule has 2 aromatic rings. The largest absolute Gasteiger partial charge is 0.462 e. The monoisotopic (exact) mass is 368 g/mol. The fourth-order valence-corrected chi connectivity index (χ4v) is 2.70. The molecule has 1 aliphatic rings. The van der Waals surface area contributed by atoms with Gasteiger partial charge in [0, 0.05) is 23.8 Å². The standard InChI is InChI=1S/C17H12ClF3N2O2/c1-22-16-13(12-8-11(18)5-6-23-12)14(24)15(25-16)9-3-2-4-10(7-9)17(19,20)21/h2-8,15,22H,1H3. The highest BCUT2D eigenvalue weighted by molar-refractivity contribution is 6.31. The molecule has 25 heavy (non-hydrogen) atoms. The number of carbonyl (C=O) groups excluding carboxylic acids is 1. The molecule has 0 saturated carbocycles. The van der Waals surface area contributed by atoms with E-state index >= 15 is 0 Å². The zero-order valence-electron chi connectivity index (χ0n) is 12.9. The van der Waals surface area contributed by atoms with E-state index in [4.69, 9.17) is 16.3 Å². The van der Waals surface area contributed by atoms with Crippen LogP contribution in [0.5, 0.6) is 0 Å². The third-order valence-corrected chi connectivity index (χ3v) is 3.90. The van der Waals surface area contributed by atoms with Crippen LogP contribution >= 0.6 is 11.6 Å². The molecule has 0 aliphatic carbocycles. The molecule has 1 aromatic carbocycles. The van der Waals surface area contributed by atoms with E-state index in [0.29, 0.717) is 5.02 Å². The maximum Gasteiger partial charge on any atom is 0.416 e. The Morgan fingerprint density at radius 2 is 2.00 bits per heavy atom. The molecule has 0 saturated heterocycles. The van der Waals surface area contributed by atoms with Crippen molar-refractivity contribution < 1.29 is 22.7 Å². The predicted molar refractivity (Wildman–Crippen MR) is 85.5 cm³/mol. The van der Waals surface area contributed by atoms with Crippen molar-refractivity contribution in [2.24, 2.45) is 0 Å². The molecule has 0 amide bonds. The van der Waals surface area contributed by atoms with Gasteiger partial charge in [0.1, 0.15) is 5.57 Å². The Kier molecular flexibility index (Phi) is 4.43. The van der Waals surface area contributed by atoms with Crippen molar-refractivity contribution in [2.75, 3.05) is 7.05 Å². The molecular weight excluding hydrogens is 357 g/mol. The number of carbonyl (C=O) groups is 1. The summed E-state index contributed by atoms with van der Waals surface area (Å²) >= 11 is 5.93. The Morgan fingerprint density at radius 3 is 2.64 bits per heavy atom. The van der Waals surface area contributed by atoms with Gasteiger partial charge in [-0.25, -0.2) is 0 Å². The summed E-state index contributed by atoms with van der Waals surface area (Å²) in [5, 5.41) is 3.12. The van der Waals surface area contributed by atoms with Crippen molar-refractivity contribution in [1.82, 2.24) is 10.3 Å². The van der Waals surface area contributed by atoms with E-state index in [9.17, 15) is 18.0 Å². The van der Waals surface area contributed by atoms with E-state index in [0.717, 1.165) is 12.1 Å². The van der Waals surface area contributed by atoms with Gasteiger partial charge in [-0.3, -0.25) is 9.78 Å². The molecule has 2 heterocycles. The van der Waals surface area contributed by atoms with Gasteiger partial charge < -0.3 is 10.1 Å². The van der Waals surface area contributed by atoms with E-state index in [1.54, 1.807) is 13.1 Å². The first-order valence-corrected chi connectivity index (χ1v) is 7.61. The molecular formula is C17H12ClF3N2O2. The van der Waals surface area contributed by atoms with Crippen LogP contribution in [-0.2, 0) is 15.7 Å². The normalized spacial score (nSPS) is 17.6. The van der Waals surface area contributed by atoms with Crippen molar-refractivity contribution >= 4 is 23.0 Å². The summed E-state index contributed by atoms with van der Waals surface area (Å²) in [6, 6.07) is 7.54. The summed E-state index contributed by atoms with van der Waals surface area (Å²) in [6.07, 6.45) is -4.25. The van der Waals surface area contributed by atoms with Crippen LogP contribution in [0, 0.1) is 0 Å². The highest BCUT2D eigenvalue weighted by Gasteiger charge is 2.39. The van der Waals surface area contributed by atoms with Gasteiger partial charge in [0.05, 0.1) is 11.3 Å². The quantitative estimate of drug-likeness (QED) is 0.890. The minimum Gasteiger partial charge on any atom is -0.462 e. The van der Waals surface area contributed by atoms with Crippen LogP contribution in [0.2, 0.25) is 5.02 Å². The number of hydrogen-bond donors (Lipinski definition) is 1. The minimum absolute atomic E-state index is 0.115. The zero-order chi connectivity index (χ0) is 18.2. The Bertz CT molecular complexity index is 865. The number of alkyl halides is 3. The van der Waals surface area contributed by atoms with E-state index in [-0.39, 0.29) is 22.7 Å². The van der Waals surface area contributed by atoms with Crippen molar-refractivity contribution in [3.05, 3.63) is 70.3 Å². The van der Waals surface area contributed by atoms with Crippen LogP contribution in [0.1, 0.15) is 22.9 Å². The van der Waals surface area contributed by atoms with Crippen LogP contribution < -0.4 is 5.32 Å². The summed E-state index contributed by atoms with van der Waals surface area (Å²) in [7, 11) is 1.54. The average molecular weight is 369 g/mol. The summed E-state index contributed by atoms with van der Waals surface area (Å²) in [4.78, 5) is 16.9. The van der Waals surface area contributed by atoms with Gasteiger partial charge in [0.25, 0.3) is 0 Å². The van der Waals surface area contributed by atoms with Crippen LogP contribution in [0.4, 0.5) is 13.2 Å². The second kappa shape index (κ2) is 6.40. The average Bonchev–Trinajstić information content (AvgIpc) is 2.91. The number of Topliss-reactive ketones (excluding diaryl/α,β-unsaturated/α-hetero) is 1. The van der Waals surface area contributed by atoms with Crippen molar-refractivity contribution in [3.8, 4) is 0 Å². The van der Waals surface area contributed by atoms with Crippen LogP contribution in [0.3, 0.4) is 0 Å². The maximum absolute atomic E-state index is 12.9. The van der Waals surface area contributed by atoms with Gasteiger partial charge >= 0.3 is 6.18 Å². The molecule has 3 rings (SSSR count). The topological polar surface area (TPSA) is 51.2 Å². The fourth-order valence-electron chi connectivity index (χ4n) is 2.54. The lowest BCUT2D eigenvalue weighted by molar-refractivity contribution is -0.137. The second-order valence-corrected chi connectivity index (χ2v) is 5.74. The molecule has 0 spiro atoms. The maximum atomic E-state index is 12.9. The zero-order valence-corrected chi connectivity index (χ0v) is 13.7. The van der Waals surface area contributed by atoms with E-state index in [1.807, 2.05) is 0 Å². The first-order valence-electron chi connectivity index (χ1n) is 7.23. The molecule has 1 atom stereocenters. The number of ketones is 1. The van der Waals surface area contributed by atoms with Gasteiger partial charge in [-0.15, -0.1) is 0 Å².